The average molecular weight is 186 g/mol. The minimum absolute atomic E-state index is 1.35. The summed E-state index contributed by atoms with van der Waals surface area (Å²) >= 11 is 1.68. The van der Waals surface area contributed by atoms with E-state index in [1.54, 1.807) is 15.7 Å². The molecule has 1 unspecified atom stereocenters. The van der Waals surface area contributed by atoms with Crippen LogP contribution in [0.1, 0.15) is 0 Å². The Hall–Kier alpha value is 0.128. The SMILES string of the molecule is [AsH2]Sc1ccccc1. The van der Waals surface area contributed by atoms with E-state index in [2.05, 4.69) is 24.3 Å². The van der Waals surface area contributed by atoms with Crippen molar-refractivity contribution in [2.45, 2.75) is 4.90 Å². The second-order valence-corrected chi connectivity index (χ2v) is 3.62. The summed E-state index contributed by atoms with van der Waals surface area (Å²) in [6.45, 7) is 0. The quantitative estimate of drug-likeness (QED) is 0.596. The van der Waals surface area contributed by atoms with E-state index >= 15 is 0 Å². The van der Waals surface area contributed by atoms with Crippen LogP contribution in [0.4, 0.5) is 0 Å². The first kappa shape index (κ1) is 6.25. The van der Waals surface area contributed by atoms with Crippen LogP contribution >= 0.6 is 10.0 Å². The van der Waals surface area contributed by atoms with Gasteiger partial charge in [-0.3, -0.25) is 0 Å². The van der Waals surface area contributed by atoms with Crippen LogP contribution in [-0.4, -0.2) is 15.7 Å². The van der Waals surface area contributed by atoms with Crippen molar-refractivity contribution >= 4 is 25.7 Å². The Kier molecular flexibility index (Phi) is 2.51. The van der Waals surface area contributed by atoms with E-state index in [4.69, 9.17) is 0 Å². The molecule has 0 spiro atoms. The molecule has 0 amide bonds. The summed E-state index contributed by atoms with van der Waals surface area (Å²) in [5.41, 5.74) is 0. The van der Waals surface area contributed by atoms with Gasteiger partial charge in [0.1, 0.15) is 0 Å². The molecule has 0 saturated heterocycles. The van der Waals surface area contributed by atoms with Gasteiger partial charge in [0, 0.05) is 0 Å². The van der Waals surface area contributed by atoms with Crippen LogP contribution in [-0.2, 0) is 0 Å². The first-order chi connectivity index (χ1) is 3.93. The van der Waals surface area contributed by atoms with Crippen molar-refractivity contribution in [1.29, 1.82) is 0 Å². The van der Waals surface area contributed by atoms with Crippen molar-refractivity contribution in [3.8, 4) is 0 Å². The molecule has 1 atom stereocenters. The molecule has 0 N–H and O–H groups in total. The zero-order chi connectivity index (χ0) is 5.82. The van der Waals surface area contributed by atoms with Crippen LogP contribution in [0.3, 0.4) is 0 Å². The monoisotopic (exact) mass is 186 g/mol. The molecule has 0 bridgehead atoms. The number of benzene rings is 1. The third-order valence-corrected chi connectivity index (χ3v) is 3.14. The fourth-order valence-electron chi connectivity index (χ4n) is 0.499. The average Bonchev–Trinajstić information content (AvgIpc) is 1.90. The molecule has 0 saturated carbocycles. The Morgan fingerprint density at radius 2 is 1.75 bits per heavy atom. The zero-order valence-electron chi connectivity index (χ0n) is 4.37. The van der Waals surface area contributed by atoms with Gasteiger partial charge in [0.25, 0.3) is 0 Å². The minimum atomic E-state index is 1.35. The molecule has 1 aromatic carbocycles. The molecule has 0 aliphatic rings. The van der Waals surface area contributed by atoms with Crippen LogP contribution in [0.25, 0.3) is 0 Å². The summed E-state index contributed by atoms with van der Waals surface area (Å²) in [6, 6.07) is 10.4. The van der Waals surface area contributed by atoms with E-state index < -0.39 is 0 Å². The molecule has 0 aliphatic heterocycles. The topological polar surface area (TPSA) is 0 Å². The third-order valence-electron chi connectivity index (χ3n) is 0.879. The predicted molar refractivity (Wildman–Crippen MR) is 40.8 cm³/mol. The van der Waals surface area contributed by atoms with Gasteiger partial charge in [0.15, 0.2) is 0 Å². The van der Waals surface area contributed by atoms with Gasteiger partial charge in [-0.1, -0.05) is 0 Å². The first-order valence-corrected chi connectivity index (χ1v) is 6.20. The number of hydrogen-bond acceptors (Lipinski definition) is 1. The molecule has 1 rings (SSSR count). The third kappa shape index (κ3) is 1.57. The van der Waals surface area contributed by atoms with Crippen LogP contribution in [0.15, 0.2) is 35.2 Å². The Morgan fingerprint density at radius 3 is 2.12 bits per heavy atom. The predicted octanol–water partition coefficient (Wildman–Crippen LogP) is 1.33. The van der Waals surface area contributed by atoms with Crippen LogP contribution in [0.2, 0.25) is 0 Å². The normalized spacial score (nSPS) is 9.12. The Balaban J connectivity index is 2.83. The van der Waals surface area contributed by atoms with Crippen molar-refractivity contribution in [1.82, 2.24) is 0 Å². The van der Waals surface area contributed by atoms with Crippen molar-refractivity contribution in [3.05, 3.63) is 30.3 Å². The Labute approximate surface area is 61.2 Å². The van der Waals surface area contributed by atoms with Gasteiger partial charge in [-0.2, -0.15) is 0 Å². The first-order valence-electron chi connectivity index (χ1n) is 2.35. The standard InChI is InChI=1S/C6H7AsS/c7-8-6-4-2-1-3-5-6/h1-5H,7H2. The van der Waals surface area contributed by atoms with E-state index in [-0.39, 0.29) is 0 Å². The van der Waals surface area contributed by atoms with Crippen LogP contribution < -0.4 is 0 Å². The maximum atomic E-state index is 2.12. The van der Waals surface area contributed by atoms with Crippen molar-refractivity contribution in [3.63, 3.8) is 0 Å². The molecule has 0 nitrogen and oxygen atoms in total. The van der Waals surface area contributed by atoms with Gasteiger partial charge >= 0.3 is 60.9 Å². The van der Waals surface area contributed by atoms with E-state index in [1.807, 2.05) is 16.1 Å². The summed E-state index contributed by atoms with van der Waals surface area (Å²) in [4.78, 5) is 1.35. The summed E-state index contributed by atoms with van der Waals surface area (Å²) in [7, 11) is 1.83. The number of rotatable bonds is 1. The van der Waals surface area contributed by atoms with E-state index in [0.29, 0.717) is 0 Å². The maximum absolute atomic E-state index is 2.12. The summed E-state index contributed by atoms with van der Waals surface area (Å²) < 4.78 is 0. The van der Waals surface area contributed by atoms with Gasteiger partial charge in [0.2, 0.25) is 0 Å². The molecule has 42 valence electrons. The van der Waals surface area contributed by atoms with Gasteiger partial charge in [-0.05, 0) is 0 Å². The molecule has 0 radical (unpaired) electrons. The molecular formula is C6H7AsS. The fraction of sp³-hybridized carbons (Fsp3) is 0. The molecule has 0 fully saturated rings. The van der Waals surface area contributed by atoms with Gasteiger partial charge in [0.05, 0.1) is 0 Å². The molecule has 1 aromatic rings. The van der Waals surface area contributed by atoms with Gasteiger partial charge < -0.3 is 0 Å². The summed E-state index contributed by atoms with van der Waals surface area (Å²) in [6.07, 6.45) is 0. The van der Waals surface area contributed by atoms with Crippen molar-refractivity contribution < 1.29 is 0 Å². The van der Waals surface area contributed by atoms with Crippen LogP contribution in [0, 0.1) is 0 Å². The Bertz CT molecular complexity index is 150. The molecule has 8 heavy (non-hydrogen) atoms. The van der Waals surface area contributed by atoms with E-state index in [1.165, 1.54) is 4.90 Å². The Morgan fingerprint density at radius 1 is 1.12 bits per heavy atom. The summed E-state index contributed by atoms with van der Waals surface area (Å²) in [5.74, 6) is 0. The van der Waals surface area contributed by atoms with Crippen molar-refractivity contribution in [2.75, 3.05) is 0 Å². The van der Waals surface area contributed by atoms with Gasteiger partial charge in [-0.15, -0.1) is 0 Å². The van der Waals surface area contributed by atoms with Crippen molar-refractivity contribution in [2.24, 2.45) is 0 Å². The second-order valence-electron chi connectivity index (χ2n) is 1.43. The van der Waals surface area contributed by atoms with E-state index in [9.17, 15) is 0 Å². The molecule has 2 heteroatoms. The molecular weight excluding hydrogens is 179 g/mol. The second kappa shape index (κ2) is 3.21. The zero-order valence-corrected chi connectivity index (χ0v) is 7.61. The summed E-state index contributed by atoms with van der Waals surface area (Å²) in [5, 5.41) is 0. The molecule has 0 aromatic heterocycles. The fourth-order valence-corrected chi connectivity index (χ4v) is 1.80. The van der Waals surface area contributed by atoms with Gasteiger partial charge in [-0.25, -0.2) is 0 Å². The molecule has 0 aliphatic carbocycles. The molecule has 0 heterocycles. The number of hydrogen-bond donors (Lipinski definition) is 0. The van der Waals surface area contributed by atoms with Crippen LogP contribution in [0.5, 0.6) is 0 Å². The van der Waals surface area contributed by atoms with E-state index in [0.717, 1.165) is 0 Å².